The van der Waals surface area contributed by atoms with Crippen LogP contribution in [-0.4, -0.2) is 24.2 Å². The minimum absolute atomic E-state index is 0.0221. The van der Waals surface area contributed by atoms with Gasteiger partial charge in [-0.1, -0.05) is 0 Å². The molecular formula is C9H8FNO4. The summed E-state index contributed by atoms with van der Waals surface area (Å²) in [5, 5.41) is 10.3. The fraction of sp³-hybridized carbons (Fsp3) is 0.333. The molecule has 0 bridgehead atoms. The first-order chi connectivity index (χ1) is 7.16. The Hall–Kier alpha value is -1.69. The van der Waals surface area contributed by atoms with E-state index < -0.39 is 10.7 Å². The quantitative estimate of drug-likeness (QED) is 0.564. The summed E-state index contributed by atoms with van der Waals surface area (Å²) in [6, 6.07) is 3.30. The highest BCUT2D eigenvalue weighted by molar-refractivity contribution is 5.37. The Morgan fingerprint density at radius 3 is 2.73 bits per heavy atom. The van der Waals surface area contributed by atoms with Gasteiger partial charge in [0.2, 0.25) is 0 Å². The molecule has 0 amide bonds. The van der Waals surface area contributed by atoms with Crippen molar-refractivity contribution in [2.45, 2.75) is 6.10 Å². The van der Waals surface area contributed by atoms with E-state index in [4.69, 9.17) is 9.47 Å². The van der Waals surface area contributed by atoms with E-state index in [9.17, 15) is 14.5 Å². The van der Waals surface area contributed by atoms with E-state index in [0.717, 1.165) is 6.07 Å². The van der Waals surface area contributed by atoms with Gasteiger partial charge in [0.15, 0.2) is 11.6 Å². The van der Waals surface area contributed by atoms with Crippen molar-refractivity contribution in [1.82, 2.24) is 0 Å². The van der Waals surface area contributed by atoms with Gasteiger partial charge < -0.3 is 9.47 Å². The van der Waals surface area contributed by atoms with Crippen LogP contribution in [0.2, 0.25) is 0 Å². The van der Waals surface area contributed by atoms with Crippen molar-refractivity contribution in [1.29, 1.82) is 0 Å². The molecule has 2 rings (SSSR count). The molecule has 1 aliphatic heterocycles. The molecule has 0 unspecified atom stereocenters. The second kappa shape index (κ2) is 3.82. The molecule has 1 aromatic carbocycles. The zero-order chi connectivity index (χ0) is 10.8. The van der Waals surface area contributed by atoms with Crippen LogP contribution < -0.4 is 4.74 Å². The largest absolute Gasteiger partial charge is 0.483 e. The molecule has 1 heterocycles. The van der Waals surface area contributed by atoms with E-state index in [1.807, 2.05) is 0 Å². The average Bonchev–Trinajstić information content (AvgIpc) is 2.12. The summed E-state index contributed by atoms with van der Waals surface area (Å²) >= 11 is 0. The number of hydrogen-bond donors (Lipinski definition) is 0. The molecule has 80 valence electrons. The van der Waals surface area contributed by atoms with Gasteiger partial charge in [0.05, 0.1) is 24.2 Å². The molecule has 0 atom stereocenters. The van der Waals surface area contributed by atoms with Gasteiger partial charge in [-0.05, 0) is 6.07 Å². The fourth-order valence-corrected chi connectivity index (χ4v) is 1.16. The Morgan fingerprint density at radius 1 is 1.53 bits per heavy atom. The van der Waals surface area contributed by atoms with Gasteiger partial charge >= 0.3 is 0 Å². The lowest BCUT2D eigenvalue weighted by molar-refractivity contribution is -0.385. The van der Waals surface area contributed by atoms with Crippen molar-refractivity contribution in [3.05, 3.63) is 34.1 Å². The van der Waals surface area contributed by atoms with Crippen LogP contribution in [-0.2, 0) is 4.74 Å². The zero-order valence-electron chi connectivity index (χ0n) is 7.68. The zero-order valence-corrected chi connectivity index (χ0v) is 7.68. The highest BCUT2D eigenvalue weighted by Gasteiger charge is 2.22. The van der Waals surface area contributed by atoms with Crippen LogP contribution in [0.4, 0.5) is 10.1 Å². The van der Waals surface area contributed by atoms with Crippen molar-refractivity contribution in [3.8, 4) is 5.75 Å². The molecule has 0 aromatic heterocycles. The third-order valence-corrected chi connectivity index (χ3v) is 2.03. The van der Waals surface area contributed by atoms with E-state index in [2.05, 4.69) is 0 Å². The normalized spacial score (nSPS) is 15.8. The number of ether oxygens (including phenoxy) is 2. The summed E-state index contributed by atoms with van der Waals surface area (Å²) in [6.45, 7) is 0.854. The monoisotopic (exact) mass is 213 g/mol. The molecule has 15 heavy (non-hydrogen) atoms. The van der Waals surface area contributed by atoms with Crippen LogP contribution in [0.25, 0.3) is 0 Å². The predicted molar refractivity (Wildman–Crippen MR) is 48.3 cm³/mol. The van der Waals surface area contributed by atoms with Gasteiger partial charge in [-0.25, -0.2) is 4.39 Å². The minimum atomic E-state index is -0.726. The highest BCUT2D eigenvalue weighted by Crippen LogP contribution is 2.24. The molecule has 6 heteroatoms. The minimum Gasteiger partial charge on any atom is -0.483 e. The second-order valence-electron chi connectivity index (χ2n) is 3.15. The number of hydrogen-bond acceptors (Lipinski definition) is 4. The van der Waals surface area contributed by atoms with Crippen molar-refractivity contribution in [3.63, 3.8) is 0 Å². The molecule has 0 radical (unpaired) electrons. The number of nitro benzene ring substituents is 1. The van der Waals surface area contributed by atoms with Crippen LogP contribution in [0.15, 0.2) is 18.2 Å². The molecular weight excluding hydrogens is 205 g/mol. The first-order valence-electron chi connectivity index (χ1n) is 4.35. The maximum atomic E-state index is 13.3. The molecule has 1 fully saturated rings. The number of rotatable bonds is 3. The van der Waals surface area contributed by atoms with Crippen molar-refractivity contribution < 1.29 is 18.8 Å². The molecule has 0 aliphatic carbocycles. The maximum absolute atomic E-state index is 13.3. The van der Waals surface area contributed by atoms with Gasteiger partial charge in [-0.15, -0.1) is 0 Å². The number of halogens is 1. The van der Waals surface area contributed by atoms with Crippen LogP contribution >= 0.6 is 0 Å². The van der Waals surface area contributed by atoms with E-state index in [-0.39, 0.29) is 17.5 Å². The lowest BCUT2D eigenvalue weighted by atomic mass is 10.2. The summed E-state index contributed by atoms with van der Waals surface area (Å²) < 4.78 is 23.3. The lowest BCUT2D eigenvalue weighted by Gasteiger charge is -2.26. The van der Waals surface area contributed by atoms with E-state index in [1.54, 1.807) is 0 Å². The van der Waals surface area contributed by atoms with E-state index in [0.29, 0.717) is 13.2 Å². The van der Waals surface area contributed by atoms with Gasteiger partial charge in [0, 0.05) is 6.07 Å². The maximum Gasteiger partial charge on any atom is 0.272 e. The number of nitrogens with zero attached hydrogens (tertiary/aromatic N) is 1. The summed E-state index contributed by atoms with van der Waals surface area (Å²) in [6.07, 6.45) is -0.152. The second-order valence-corrected chi connectivity index (χ2v) is 3.15. The number of benzene rings is 1. The molecule has 0 saturated carbocycles. The Bertz CT molecular complexity index is 392. The first-order valence-corrected chi connectivity index (χ1v) is 4.35. The topological polar surface area (TPSA) is 61.6 Å². The van der Waals surface area contributed by atoms with Crippen molar-refractivity contribution in [2.75, 3.05) is 13.2 Å². The first kappa shape index (κ1) is 9.85. The lowest BCUT2D eigenvalue weighted by Crippen LogP contribution is -2.38. The molecule has 0 spiro atoms. The summed E-state index contributed by atoms with van der Waals surface area (Å²) in [4.78, 5) is 9.68. The van der Waals surface area contributed by atoms with Crippen LogP contribution in [0, 0.1) is 15.9 Å². The van der Waals surface area contributed by atoms with Crippen LogP contribution in [0.1, 0.15) is 0 Å². The third-order valence-electron chi connectivity index (χ3n) is 2.03. The van der Waals surface area contributed by atoms with Gasteiger partial charge in [0.25, 0.3) is 5.69 Å². The summed E-state index contributed by atoms with van der Waals surface area (Å²) in [7, 11) is 0. The predicted octanol–water partition coefficient (Wildman–Crippen LogP) is 1.51. The van der Waals surface area contributed by atoms with Crippen LogP contribution in [0.3, 0.4) is 0 Å². The Kier molecular flexibility index (Phi) is 2.51. The average molecular weight is 213 g/mol. The Labute approximate surface area is 84.6 Å². The standard InChI is InChI=1S/C9H8FNO4/c10-8-3-6(11(12)13)1-2-9(8)15-7-4-14-5-7/h1-3,7H,4-5H2. The molecule has 5 nitrogen and oxygen atoms in total. The van der Waals surface area contributed by atoms with Gasteiger partial charge in [0.1, 0.15) is 6.10 Å². The Morgan fingerprint density at radius 2 is 2.27 bits per heavy atom. The third kappa shape index (κ3) is 2.04. The summed E-state index contributed by atoms with van der Waals surface area (Å²) in [5.74, 6) is -0.704. The molecule has 1 aliphatic rings. The molecule has 1 aromatic rings. The SMILES string of the molecule is O=[N+]([O-])c1ccc(OC2COC2)c(F)c1. The van der Waals surface area contributed by atoms with Gasteiger partial charge in [-0.2, -0.15) is 0 Å². The summed E-state index contributed by atoms with van der Waals surface area (Å²) in [5.41, 5.74) is -0.287. The Balaban J connectivity index is 2.14. The molecule has 1 saturated heterocycles. The number of non-ortho nitro benzene ring substituents is 1. The molecule has 0 N–H and O–H groups in total. The number of nitro groups is 1. The van der Waals surface area contributed by atoms with E-state index >= 15 is 0 Å². The fourth-order valence-electron chi connectivity index (χ4n) is 1.16. The van der Waals surface area contributed by atoms with E-state index in [1.165, 1.54) is 12.1 Å². The van der Waals surface area contributed by atoms with Gasteiger partial charge in [-0.3, -0.25) is 10.1 Å². The van der Waals surface area contributed by atoms with Crippen molar-refractivity contribution >= 4 is 5.69 Å². The van der Waals surface area contributed by atoms with Crippen molar-refractivity contribution in [2.24, 2.45) is 0 Å². The highest BCUT2D eigenvalue weighted by atomic mass is 19.1. The smallest absolute Gasteiger partial charge is 0.272 e. The van der Waals surface area contributed by atoms with Crippen LogP contribution in [0.5, 0.6) is 5.75 Å².